The minimum absolute atomic E-state index is 0.133. The van der Waals surface area contributed by atoms with Gasteiger partial charge in [0.1, 0.15) is 5.75 Å². The largest absolute Gasteiger partial charge is 0.492 e. The zero-order chi connectivity index (χ0) is 11.3. The summed E-state index contributed by atoms with van der Waals surface area (Å²) in [6.07, 6.45) is 0.645. The molecule has 0 spiro atoms. The first-order valence-corrected chi connectivity index (χ1v) is 5.98. The second-order valence-electron chi connectivity index (χ2n) is 2.92. The van der Waals surface area contributed by atoms with E-state index >= 15 is 0 Å². The smallest absolute Gasteiger partial charge is 0.303 e. The fourth-order valence-electron chi connectivity index (χ4n) is 0.998. The van der Waals surface area contributed by atoms with Gasteiger partial charge in [0, 0.05) is 10.9 Å². The fraction of sp³-hybridized carbons (Fsp3) is 0.300. The molecule has 15 heavy (non-hydrogen) atoms. The topological polar surface area (TPSA) is 46.5 Å². The maximum absolute atomic E-state index is 10.3. The Hall–Kier alpha value is -0.550. The second kappa shape index (κ2) is 6.12. The number of aliphatic carboxylic acids is 1. The molecule has 0 aliphatic rings. The first-order chi connectivity index (χ1) is 7.09. The minimum atomic E-state index is -0.798. The van der Waals surface area contributed by atoms with Gasteiger partial charge in [-0.25, -0.2) is 0 Å². The highest BCUT2D eigenvalue weighted by Gasteiger charge is 2.02. The summed E-state index contributed by atoms with van der Waals surface area (Å²) >= 11 is 6.69. The summed E-state index contributed by atoms with van der Waals surface area (Å²) in [5.41, 5.74) is 0. The van der Waals surface area contributed by atoms with Crippen molar-refractivity contribution >= 4 is 37.8 Å². The number of hydrogen-bond acceptors (Lipinski definition) is 2. The first-order valence-electron chi connectivity index (χ1n) is 4.39. The number of carboxylic acid groups (broad SMARTS) is 1. The van der Waals surface area contributed by atoms with Gasteiger partial charge in [0.2, 0.25) is 0 Å². The van der Waals surface area contributed by atoms with Gasteiger partial charge in [-0.05, 0) is 40.5 Å². The van der Waals surface area contributed by atoms with Crippen molar-refractivity contribution in [3.05, 3.63) is 27.1 Å². The van der Waals surface area contributed by atoms with E-state index in [2.05, 4.69) is 31.9 Å². The zero-order valence-electron chi connectivity index (χ0n) is 7.87. The van der Waals surface area contributed by atoms with E-state index in [-0.39, 0.29) is 6.42 Å². The lowest BCUT2D eigenvalue weighted by atomic mass is 10.3. The molecule has 0 saturated heterocycles. The molecule has 1 N–H and O–H groups in total. The lowest BCUT2D eigenvalue weighted by Crippen LogP contribution is -2.02. The average molecular weight is 338 g/mol. The van der Waals surface area contributed by atoms with Gasteiger partial charge in [-0.3, -0.25) is 4.79 Å². The number of rotatable bonds is 5. The van der Waals surface area contributed by atoms with Crippen molar-refractivity contribution in [1.82, 2.24) is 0 Å². The number of carbonyl (C=O) groups is 1. The van der Waals surface area contributed by atoms with Crippen molar-refractivity contribution < 1.29 is 14.6 Å². The number of carboxylic acids is 1. The van der Waals surface area contributed by atoms with Crippen LogP contribution in [0.3, 0.4) is 0 Å². The van der Waals surface area contributed by atoms with Crippen LogP contribution in [-0.2, 0) is 4.79 Å². The Morgan fingerprint density at radius 2 is 2.13 bits per heavy atom. The lowest BCUT2D eigenvalue weighted by molar-refractivity contribution is -0.137. The molecule has 1 aromatic carbocycles. The molecule has 0 aromatic heterocycles. The number of ether oxygens (including phenoxy) is 1. The maximum atomic E-state index is 10.3. The predicted octanol–water partition coefficient (Wildman–Crippen LogP) is 3.46. The van der Waals surface area contributed by atoms with Crippen LogP contribution >= 0.6 is 31.9 Å². The Morgan fingerprint density at radius 3 is 2.73 bits per heavy atom. The van der Waals surface area contributed by atoms with Crippen molar-refractivity contribution in [1.29, 1.82) is 0 Å². The SMILES string of the molecule is O=C(O)CCCOc1ccc(Br)cc1Br. The van der Waals surface area contributed by atoms with E-state index in [1.807, 2.05) is 18.2 Å². The van der Waals surface area contributed by atoms with Gasteiger partial charge < -0.3 is 9.84 Å². The molecule has 0 amide bonds. The lowest BCUT2D eigenvalue weighted by Gasteiger charge is -2.07. The molecule has 0 fully saturated rings. The van der Waals surface area contributed by atoms with E-state index in [1.165, 1.54) is 0 Å². The zero-order valence-corrected chi connectivity index (χ0v) is 11.0. The molecule has 5 heteroatoms. The Kier molecular flexibility index (Phi) is 5.11. The van der Waals surface area contributed by atoms with Gasteiger partial charge in [0.25, 0.3) is 0 Å². The van der Waals surface area contributed by atoms with Gasteiger partial charge in [-0.2, -0.15) is 0 Å². The van der Waals surface area contributed by atoms with Crippen molar-refractivity contribution in [2.45, 2.75) is 12.8 Å². The summed E-state index contributed by atoms with van der Waals surface area (Å²) in [5.74, 6) is -0.0722. The molecular weight excluding hydrogens is 328 g/mol. The minimum Gasteiger partial charge on any atom is -0.492 e. The van der Waals surface area contributed by atoms with Crippen molar-refractivity contribution in [2.24, 2.45) is 0 Å². The fourth-order valence-corrected chi connectivity index (χ4v) is 2.16. The average Bonchev–Trinajstić information content (AvgIpc) is 2.14. The summed E-state index contributed by atoms with van der Waals surface area (Å²) in [6, 6.07) is 5.58. The highest BCUT2D eigenvalue weighted by Crippen LogP contribution is 2.28. The summed E-state index contributed by atoms with van der Waals surface area (Å²) in [5, 5.41) is 8.43. The Labute approximate surface area is 105 Å². The van der Waals surface area contributed by atoms with Crippen LogP contribution in [0.2, 0.25) is 0 Å². The predicted molar refractivity (Wildman–Crippen MR) is 64.2 cm³/mol. The van der Waals surface area contributed by atoms with E-state index in [9.17, 15) is 4.79 Å². The van der Waals surface area contributed by atoms with Crippen LogP contribution in [0.15, 0.2) is 27.1 Å². The standard InChI is InChI=1S/C10H10Br2O3/c11-7-3-4-9(8(12)6-7)15-5-1-2-10(13)14/h3-4,6H,1-2,5H2,(H,13,14). The van der Waals surface area contributed by atoms with Gasteiger partial charge in [-0.15, -0.1) is 0 Å². The van der Waals surface area contributed by atoms with Gasteiger partial charge in [-0.1, -0.05) is 15.9 Å². The molecule has 0 unspecified atom stereocenters. The van der Waals surface area contributed by atoms with Crippen molar-refractivity contribution in [2.75, 3.05) is 6.61 Å². The number of benzene rings is 1. The van der Waals surface area contributed by atoms with E-state index < -0.39 is 5.97 Å². The molecule has 0 aliphatic carbocycles. The van der Waals surface area contributed by atoms with E-state index in [1.54, 1.807) is 0 Å². The molecule has 1 rings (SSSR count). The summed E-state index contributed by atoms with van der Waals surface area (Å²) in [4.78, 5) is 10.3. The molecule has 0 heterocycles. The monoisotopic (exact) mass is 336 g/mol. The van der Waals surface area contributed by atoms with Crippen LogP contribution in [-0.4, -0.2) is 17.7 Å². The van der Waals surface area contributed by atoms with E-state index in [0.717, 1.165) is 14.7 Å². The second-order valence-corrected chi connectivity index (χ2v) is 4.69. The molecule has 0 radical (unpaired) electrons. The quantitative estimate of drug-likeness (QED) is 0.837. The molecule has 0 bridgehead atoms. The summed E-state index contributed by atoms with van der Waals surface area (Å²) < 4.78 is 7.23. The molecule has 82 valence electrons. The normalized spacial score (nSPS) is 10.0. The van der Waals surface area contributed by atoms with Crippen LogP contribution < -0.4 is 4.74 Å². The van der Waals surface area contributed by atoms with Crippen LogP contribution in [0.5, 0.6) is 5.75 Å². The molecule has 3 nitrogen and oxygen atoms in total. The summed E-state index contributed by atoms with van der Waals surface area (Å²) in [7, 11) is 0. The third kappa shape index (κ3) is 4.66. The molecule has 0 aliphatic heterocycles. The van der Waals surface area contributed by atoms with Crippen molar-refractivity contribution in [3.63, 3.8) is 0 Å². The maximum Gasteiger partial charge on any atom is 0.303 e. The highest BCUT2D eigenvalue weighted by atomic mass is 79.9. The van der Waals surface area contributed by atoms with Gasteiger partial charge >= 0.3 is 5.97 Å². The third-order valence-electron chi connectivity index (χ3n) is 1.69. The summed E-state index contributed by atoms with van der Waals surface area (Å²) in [6.45, 7) is 0.409. The van der Waals surface area contributed by atoms with Crippen LogP contribution in [0.4, 0.5) is 0 Å². The number of hydrogen-bond donors (Lipinski definition) is 1. The molecule has 1 aromatic rings. The van der Waals surface area contributed by atoms with Crippen LogP contribution in [0, 0.1) is 0 Å². The van der Waals surface area contributed by atoms with E-state index in [0.29, 0.717) is 13.0 Å². The van der Waals surface area contributed by atoms with Gasteiger partial charge in [0.05, 0.1) is 11.1 Å². The third-order valence-corrected chi connectivity index (χ3v) is 2.80. The van der Waals surface area contributed by atoms with E-state index in [4.69, 9.17) is 9.84 Å². The first kappa shape index (κ1) is 12.5. The van der Waals surface area contributed by atoms with Gasteiger partial charge in [0.15, 0.2) is 0 Å². The van der Waals surface area contributed by atoms with Crippen LogP contribution in [0.1, 0.15) is 12.8 Å². The van der Waals surface area contributed by atoms with Crippen LogP contribution in [0.25, 0.3) is 0 Å². The number of halogens is 2. The molecule has 0 atom stereocenters. The Bertz CT molecular complexity index is 353. The van der Waals surface area contributed by atoms with Crippen molar-refractivity contribution in [3.8, 4) is 5.75 Å². The Balaban J connectivity index is 2.40. The molecule has 0 saturated carbocycles. The molecular formula is C10H10Br2O3. The Morgan fingerprint density at radius 1 is 1.40 bits per heavy atom. The highest BCUT2D eigenvalue weighted by molar-refractivity contribution is 9.11.